The van der Waals surface area contributed by atoms with Crippen molar-refractivity contribution in [3.05, 3.63) is 82.4 Å². The van der Waals surface area contributed by atoms with Gasteiger partial charge in [0.25, 0.3) is 11.8 Å². The molecular formula is C33H36N6O4S. The van der Waals surface area contributed by atoms with Gasteiger partial charge in [-0.05, 0) is 85.6 Å². The van der Waals surface area contributed by atoms with Gasteiger partial charge in [0.05, 0.1) is 13.8 Å². The van der Waals surface area contributed by atoms with Gasteiger partial charge in [-0.15, -0.1) is 0 Å². The van der Waals surface area contributed by atoms with E-state index in [4.69, 9.17) is 4.74 Å². The zero-order chi connectivity index (χ0) is 31.1. The standard InChI is InChI=1S/C33H36N6O4S/c1-3-39-32(42)29(44-33(39)28(18-34)31(41)36-19-22-6-12-27(43-2)13-7-22)20-35-26-11-10-23-16-25(9-8-24(23)17-26)30(40)37-21-38-14-4-5-15-38/h6-13,16-17,29,35H,3-5,14-15,19-21H2,1-2H3,(H,36,41)(H,37,40)/b33-28-/t29-/m1/s1. The summed E-state index contributed by atoms with van der Waals surface area (Å²) >= 11 is 1.23. The number of anilines is 1. The maximum Gasteiger partial charge on any atom is 0.264 e. The molecule has 2 heterocycles. The van der Waals surface area contributed by atoms with Crippen LogP contribution in [0.1, 0.15) is 35.7 Å². The molecule has 2 aliphatic rings. The fourth-order valence-corrected chi connectivity index (χ4v) is 6.56. The minimum Gasteiger partial charge on any atom is -0.497 e. The molecule has 10 nitrogen and oxygen atoms in total. The molecule has 0 spiro atoms. The van der Waals surface area contributed by atoms with Gasteiger partial charge in [-0.2, -0.15) is 5.26 Å². The molecule has 0 aromatic heterocycles. The number of benzene rings is 3. The van der Waals surface area contributed by atoms with Gasteiger partial charge in [-0.25, -0.2) is 0 Å². The molecule has 2 saturated heterocycles. The van der Waals surface area contributed by atoms with E-state index in [1.807, 2.05) is 61.5 Å². The SMILES string of the molecule is CCN1C(=O)[C@@H](CNc2ccc3cc(C(=O)NCN4CCCC4)ccc3c2)S/C1=C(/C#N)C(=O)NCc1ccc(OC)cc1. The number of ether oxygens (including phenoxy) is 1. The molecule has 44 heavy (non-hydrogen) atoms. The normalized spacial score (nSPS) is 17.8. The third-order valence-corrected chi connectivity index (χ3v) is 9.08. The van der Waals surface area contributed by atoms with Crippen LogP contribution in [0.2, 0.25) is 0 Å². The lowest BCUT2D eigenvalue weighted by Crippen LogP contribution is -2.35. The van der Waals surface area contributed by atoms with Crippen molar-refractivity contribution in [1.82, 2.24) is 20.4 Å². The molecule has 2 aliphatic heterocycles. The first-order valence-electron chi connectivity index (χ1n) is 14.7. The lowest BCUT2D eigenvalue weighted by Gasteiger charge is -2.16. The van der Waals surface area contributed by atoms with E-state index < -0.39 is 11.2 Å². The molecule has 0 unspecified atom stereocenters. The molecule has 3 aromatic carbocycles. The lowest BCUT2D eigenvalue weighted by molar-refractivity contribution is -0.127. The molecule has 2 fully saturated rings. The summed E-state index contributed by atoms with van der Waals surface area (Å²) in [5.41, 5.74) is 2.23. The highest BCUT2D eigenvalue weighted by molar-refractivity contribution is 8.04. The zero-order valence-corrected chi connectivity index (χ0v) is 25.7. The number of hydrogen-bond acceptors (Lipinski definition) is 8. The van der Waals surface area contributed by atoms with E-state index in [1.54, 1.807) is 19.2 Å². The number of likely N-dealkylation sites (tertiary alicyclic amines) is 1. The highest BCUT2D eigenvalue weighted by Gasteiger charge is 2.38. The van der Waals surface area contributed by atoms with E-state index in [2.05, 4.69) is 20.9 Å². The van der Waals surface area contributed by atoms with Gasteiger partial charge >= 0.3 is 0 Å². The van der Waals surface area contributed by atoms with Crippen molar-refractivity contribution >= 4 is 45.9 Å². The maximum absolute atomic E-state index is 13.2. The predicted molar refractivity (Wildman–Crippen MR) is 172 cm³/mol. The van der Waals surface area contributed by atoms with Crippen LogP contribution in [0, 0.1) is 11.3 Å². The van der Waals surface area contributed by atoms with E-state index in [0.717, 1.165) is 35.1 Å². The van der Waals surface area contributed by atoms with E-state index >= 15 is 0 Å². The third-order valence-electron chi connectivity index (χ3n) is 7.78. The number of thioether (sulfide) groups is 1. The Hall–Kier alpha value is -4.53. The lowest BCUT2D eigenvalue weighted by atomic mass is 10.1. The van der Waals surface area contributed by atoms with Crippen LogP contribution in [0.15, 0.2) is 71.3 Å². The summed E-state index contributed by atoms with van der Waals surface area (Å²) in [6, 6.07) is 20.8. The molecule has 5 rings (SSSR count). The van der Waals surface area contributed by atoms with E-state index in [1.165, 1.54) is 29.5 Å². The van der Waals surface area contributed by atoms with Crippen molar-refractivity contribution in [1.29, 1.82) is 5.26 Å². The molecular weight excluding hydrogens is 576 g/mol. The highest BCUT2D eigenvalue weighted by atomic mass is 32.2. The fourth-order valence-electron chi connectivity index (χ4n) is 5.29. The Morgan fingerprint density at radius 3 is 2.45 bits per heavy atom. The first-order chi connectivity index (χ1) is 21.4. The Balaban J connectivity index is 1.21. The number of nitrogens with zero attached hydrogens (tertiary/aromatic N) is 3. The monoisotopic (exact) mass is 612 g/mol. The number of rotatable bonds is 11. The number of nitriles is 1. The summed E-state index contributed by atoms with van der Waals surface area (Å²) in [4.78, 5) is 42.6. The van der Waals surface area contributed by atoms with Gasteiger partial charge in [0.15, 0.2) is 0 Å². The largest absolute Gasteiger partial charge is 0.497 e. The first-order valence-corrected chi connectivity index (χ1v) is 15.6. The van der Waals surface area contributed by atoms with Crippen LogP contribution >= 0.6 is 11.8 Å². The molecule has 3 amide bonds. The smallest absolute Gasteiger partial charge is 0.264 e. The van der Waals surface area contributed by atoms with Crippen LogP contribution in [0.25, 0.3) is 10.8 Å². The average Bonchev–Trinajstić information content (AvgIpc) is 3.69. The Labute approximate surface area is 261 Å². The second-order valence-electron chi connectivity index (χ2n) is 10.7. The Bertz CT molecular complexity index is 1610. The van der Waals surface area contributed by atoms with Crippen molar-refractivity contribution in [3.63, 3.8) is 0 Å². The quantitative estimate of drug-likeness (QED) is 0.219. The van der Waals surface area contributed by atoms with E-state index in [-0.39, 0.29) is 23.9 Å². The van der Waals surface area contributed by atoms with Crippen LogP contribution in [0.5, 0.6) is 5.75 Å². The Kier molecular flexibility index (Phi) is 10.0. The van der Waals surface area contributed by atoms with Crippen molar-refractivity contribution in [2.45, 2.75) is 31.6 Å². The summed E-state index contributed by atoms with van der Waals surface area (Å²) in [5.74, 6) is -0.0527. The van der Waals surface area contributed by atoms with Gasteiger partial charge in [0, 0.05) is 30.9 Å². The van der Waals surface area contributed by atoms with E-state index in [0.29, 0.717) is 36.1 Å². The van der Waals surface area contributed by atoms with Crippen LogP contribution in [-0.4, -0.2) is 72.7 Å². The number of hydrogen-bond donors (Lipinski definition) is 3. The molecule has 0 bridgehead atoms. The molecule has 0 radical (unpaired) electrons. The Morgan fingerprint density at radius 2 is 1.75 bits per heavy atom. The van der Waals surface area contributed by atoms with Crippen LogP contribution < -0.4 is 20.7 Å². The molecule has 3 aromatic rings. The molecule has 228 valence electrons. The second-order valence-corrected chi connectivity index (χ2v) is 11.8. The zero-order valence-electron chi connectivity index (χ0n) is 24.9. The number of carbonyl (C=O) groups excluding carboxylic acids is 3. The van der Waals surface area contributed by atoms with Gasteiger partial charge < -0.3 is 25.6 Å². The van der Waals surface area contributed by atoms with Crippen molar-refractivity contribution in [2.75, 3.05) is 45.3 Å². The van der Waals surface area contributed by atoms with Gasteiger partial charge in [-0.3, -0.25) is 19.3 Å². The van der Waals surface area contributed by atoms with Crippen molar-refractivity contribution in [3.8, 4) is 11.8 Å². The minimum absolute atomic E-state index is 0.0767. The number of carbonyl (C=O) groups is 3. The number of nitrogens with one attached hydrogen (secondary N) is 3. The molecule has 0 aliphatic carbocycles. The van der Waals surface area contributed by atoms with Gasteiger partial charge in [0.2, 0.25) is 5.91 Å². The molecule has 1 atom stereocenters. The van der Waals surface area contributed by atoms with Gasteiger partial charge in [-0.1, -0.05) is 36.0 Å². The summed E-state index contributed by atoms with van der Waals surface area (Å²) in [7, 11) is 1.58. The van der Waals surface area contributed by atoms with Crippen molar-refractivity contribution in [2.24, 2.45) is 0 Å². The second kappa shape index (κ2) is 14.3. The minimum atomic E-state index is -0.524. The molecule has 0 saturated carbocycles. The summed E-state index contributed by atoms with van der Waals surface area (Å²) in [6.07, 6.45) is 2.35. The van der Waals surface area contributed by atoms with Crippen LogP contribution in [0.4, 0.5) is 5.69 Å². The first kappa shape index (κ1) is 30.9. The summed E-state index contributed by atoms with van der Waals surface area (Å²) in [6.45, 7) is 5.33. The number of amides is 3. The highest BCUT2D eigenvalue weighted by Crippen LogP contribution is 2.37. The molecule has 11 heteroatoms. The number of methoxy groups -OCH3 is 1. The topological polar surface area (TPSA) is 127 Å². The Morgan fingerprint density at radius 1 is 1.02 bits per heavy atom. The summed E-state index contributed by atoms with van der Waals surface area (Å²) in [5, 5.41) is 20.8. The van der Waals surface area contributed by atoms with E-state index in [9.17, 15) is 19.6 Å². The van der Waals surface area contributed by atoms with Crippen LogP contribution in [-0.2, 0) is 16.1 Å². The maximum atomic E-state index is 13.2. The average molecular weight is 613 g/mol. The summed E-state index contributed by atoms with van der Waals surface area (Å²) < 4.78 is 5.16. The van der Waals surface area contributed by atoms with Crippen LogP contribution in [0.3, 0.4) is 0 Å². The number of fused-ring (bicyclic) bond motifs is 1. The third kappa shape index (κ3) is 7.15. The predicted octanol–water partition coefficient (Wildman–Crippen LogP) is 4.06. The van der Waals surface area contributed by atoms with Gasteiger partial charge in [0.1, 0.15) is 27.7 Å². The fraction of sp³-hybridized carbons (Fsp3) is 0.333. The molecule has 3 N–H and O–H groups in total. The van der Waals surface area contributed by atoms with Crippen molar-refractivity contribution < 1.29 is 19.1 Å².